The largest absolute Gasteiger partial charge is 0.481 e. The van der Waals surface area contributed by atoms with Crippen LogP contribution in [0, 0.1) is 68.0 Å². The Morgan fingerprint density at radius 2 is 1.57 bits per heavy atom. The molecule has 6 aliphatic rings. The summed E-state index contributed by atoms with van der Waals surface area (Å²) in [5, 5.41) is 35.9. The third kappa shape index (κ3) is 7.07. The third-order valence-electron chi connectivity index (χ3n) is 19.0. The minimum absolute atomic E-state index is 0.0190. The van der Waals surface area contributed by atoms with Crippen molar-refractivity contribution in [2.45, 2.75) is 178 Å². The van der Waals surface area contributed by atoms with Gasteiger partial charge in [-0.15, -0.1) is 0 Å². The van der Waals surface area contributed by atoms with E-state index in [9.17, 15) is 29.4 Å². The summed E-state index contributed by atoms with van der Waals surface area (Å²) in [6.07, 6.45) is 7.40. The van der Waals surface area contributed by atoms with Crippen LogP contribution in [0.15, 0.2) is 17.2 Å². The topological polar surface area (TPSA) is 171 Å². The second-order valence-corrected chi connectivity index (χ2v) is 24.0. The summed E-state index contributed by atoms with van der Waals surface area (Å²) in [5.41, 5.74) is 1.40. The SMILES string of the molecule is CC(C)C1=C2[C@H]3CC[C@@H]4[C@@]5(C)CC[C@H](OC(=O)[C@H]6C[C@@H](C(=O)O)C6(C)C)C(C)(C)[C@@H]5CC[C@@]4(C)[C@]3(C)CC[C@@]2([C@@H](O)CNCC(C)(C)NC(=O)c2cc(C(C)C)[nH]n2)CC1=O. The summed E-state index contributed by atoms with van der Waals surface area (Å²) >= 11 is 0. The van der Waals surface area contributed by atoms with Crippen molar-refractivity contribution >= 4 is 23.6 Å². The zero-order chi connectivity index (χ0) is 45.0. The van der Waals surface area contributed by atoms with E-state index in [-0.39, 0.29) is 63.2 Å². The molecule has 5 saturated carbocycles. The van der Waals surface area contributed by atoms with Crippen molar-refractivity contribution in [2.75, 3.05) is 13.1 Å². The number of aromatic amines is 1. The summed E-state index contributed by atoms with van der Waals surface area (Å²) in [6.45, 7) is 29.1. The molecular weight excluding hydrogens is 769 g/mol. The van der Waals surface area contributed by atoms with E-state index in [0.29, 0.717) is 43.5 Å². The van der Waals surface area contributed by atoms with Gasteiger partial charge in [-0.1, -0.05) is 81.7 Å². The van der Waals surface area contributed by atoms with E-state index >= 15 is 0 Å². The lowest BCUT2D eigenvalue weighted by atomic mass is 9.33. The minimum atomic E-state index is -0.838. The number of carboxylic acid groups (broad SMARTS) is 1. The summed E-state index contributed by atoms with van der Waals surface area (Å²) in [6, 6.07) is 1.80. The maximum Gasteiger partial charge on any atom is 0.309 e. The maximum atomic E-state index is 14.2. The van der Waals surface area contributed by atoms with Crippen LogP contribution in [0.3, 0.4) is 0 Å². The summed E-state index contributed by atoms with van der Waals surface area (Å²) in [5.74, 6) is -0.704. The van der Waals surface area contributed by atoms with Crippen LogP contribution < -0.4 is 10.6 Å². The lowest BCUT2D eigenvalue weighted by Gasteiger charge is -2.72. The van der Waals surface area contributed by atoms with Crippen molar-refractivity contribution in [3.8, 4) is 0 Å². The van der Waals surface area contributed by atoms with E-state index in [2.05, 4.69) is 69.3 Å². The van der Waals surface area contributed by atoms with Gasteiger partial charge in [0.1, 0.15) is 11.8 Å². The zero-order valence-electron chi connectivity index (χ0n) is 39.6. The van der Waals surface area contributed by atoms with Gasteiger partial charge in [-0.3, -0.25) is 24.3 Å². The lowest BCUT2D eigenvalue weighted by molar-refractivity contribution is -0.238. The van der Waals surface area contributed by atoms with Crippen LogP contribution in [-0.2, 0) is 19.1 Å². The van der Waals surface area contributed by atoms with E-state index in [1.807, 2.05) is 41.5 Å². The Labute approximate surface area is 365 Å². The fraction of sp³-hybridized carbons (Fsp3) is 0.820. The number of hydrogen-bond acceptors (Lipinski definition) is 8. The molecule has 5 N–H and O–H groups in total. The molecule has 0 aliphatic heterocycles. The molecule has 11 heteroatoms. The number of nitrogens with zero attached hydrogens (tertiary/aromatic N) is 1. The normalized spacial score (nSPS) is 38.2. The number of ether oxygens (including phenoxy) is 1. The van der Waals surface area contributed by atoms with E-state index in [4.69, 9.17) is 4.74 Å². The third-order valence-corrected chi connectivity index (χ3v) is 19.0. The second kappa shape index (κ2) is 15.3. The van der Waals surface area contributed by atoms with Crippen molar-refractivity contribution in [1.29, 1.82) is 0 Å². The number of rotatable bonds is 12. The first-order valence-electron chi connectivity index (χ1n) is 23.7. The van der Waals surface area contributed by atoms with Gasteiger partial charge in [0.2, 0.25) is 0 Å². The highest BCUT2D eigenvalue weighted by Gasteiger charge is 2.71. The number of aliphatic hydroxyl groups is 1. The Bertz CT molecular complexity index is 1960. The van der Waals surface area contributed by atoms with Gasteiger partial charge in [-0.05, 0) is 135 Å². The first-order valence-corrected chi connectivity index (χ1v) is 23.7. The van der Waals surface area contributed by atoms with Crippen LogP contribution in [0.1, 0.15) is 176 Å². The molecule has 1 amide bonds. The first kappa shape index (κ1) is 46.0. The van der Waals surface area contributed by atoms with Crippen molar-refractivity contribution in [3.63, 3.8) is 0 Å². The molecule has 1 aromatic heterocycles. The Morgan fingerprint density at radius 1 is 0.885 bits per heavy atom. The van der Waals surface area contributed by atoms with E-state index in [1.165, 1.54) is 5.57 Å². The number of allylic oxidation sites excluding steroid dienone is 1. The van der Waals surface area contributed by atoms with Gasteiger partial charge in [0.15, 0.2) is 5.78 Å². The molecule has 11 nitrogen and oxygen atoms in total. The predicted octanol–water partition coefficient (Wildman–Crippen LogP) is 8.63. The molecule has 61 heavy (non-hydrogen) atoms. The molecule has 0 aromatic carbocycles. The molecule has 6 aliphatic carbocycles. The average molecular weight is 847 g/mol. The van der Waals surface area contributed by atoms with Gasteiger partial charge in [0.05, 0.1) is 17.9 Å². The van der Waals surface area contributed by atoms with E-state index in [1.54, 1.807) is 6.07 Å². The maximum absolute atomic E-state index is 14.2. The van der Waals surface area contributed by atoms with Gasteiger partial charge in [-0.25, -0.2) is 0 Å². The number of H-pyrrole nitrogens is 1. The minimum Gasteiger partial charge on any atom is -0.481 e. The number of ketones is 1. The number of nitrogens with one attached hydrogen (secondary N) is 3. The first-order chi connectivity index (χ1) is 28.2. The molecule has 7 rings (SSSR count). The molecule has 0 saturated heterocycles. The Hall–Kier alpha value is -3.05. The molecule has 1 heterocycles. The van der Waals surface area contributed by atoms with Crippen LogP contribution in [0.2, 0.25) is 0 Å². The fourth-order valence-corrected chi connectivity index (χ4v) is 15.1. The molecule has 11 atom stereocenters. The van der Waals surface area contributed by atoms with Crippen LogP contribution >= 0.6 is 0 Å². The smallest absolute Gasteiger partial charge is 0.309 e. The average Bonchev–Trinajstić information content (AvgIpc) is 3.76. The Kier molecular flexibility index (Phi) is 11.5. The number of aromatic nitrogens is 2. The molecule has 1 aromatic rings. The number of Topliss-reactive ketones (excluding diaryl/α,β-unsaturated/α-hetero) is 1. The highest BCUT2D eigenvalue weighted by Crippen LogP contribution is 2.77. The van der Waals surface area contributed by atoms with Gasteiger partial charge in [0.25, 0.3) is 5.91 Å². The number of carbonyl (C=O) groups is 4. The summed E-state index contributed by atoms with van der Waals surface area (Å²) < 4.78 is 6.43. The molecular formula is C50H78N4O7. The summed E-state index contributed by atoms with van der Waals surface area (Å²) in [4.78, 5) is 52.8. The lowest BCUT2D eigenvalue weighted by Crippen LogP contribution is -2.66. The number of esters is 1. The van der Waals surface area contributed by atoms with Crippen molar-refractivity contribution in [2.24, 2.45) is 68.0 Å². The standard InChI is InChI=1S/C50H78N4O7/c1-27(2)32-23-33(54-53-32)41(57)52-44(5,6)26-51-25-37(56)50-21-20-48(12)29(40(50)39(28(3)4)34(55)24-50)14-15-36-47(11)18-17-38(46(9,10)35(47)16-19-49(36,48)13)61-43(60)31-22-30(42(58)59)45(31,7)8/h23,27-31,35-38,51,56H,14-22,24-26H2,1-13H3,(H,52,57)(H,53,54)(H,58,59)/t29-,30+,31-,35+,36-,37+,38+,47+,48-,49-,50+/m1/s1. The number of amides is 1. The molecule has 340 valence electrons. The highest BCUT2D eigenvalue weighted by atomic mass is 16.5. The molecule has 0 spiro atoms. The Balaban J connectivity index is 1.08. The van der Waals surface area contributed by atoms with Gasteiger partial charge in [-0.2, -0.15) is 5.10 Å². The molecule has 0 bridgehead atoms. The fourth-order valence-electron chi connectivity index (χ4n) is 15.1. The predicted molar refractivity (Wildman–Crippen MR) is 235 cm³/mol. The number of carboxylic acids is 1. The van der Waals surface area contributed by atoms with Crippen LogP contribution in [-0.4, -0.2) is 74.9 Å². The van der Waals surface area contributed by atoms with Gasteiger partial charge in [0, 0.05) is 41.6 Å². The number of hydrogen-bond donors (Lipinski definition) is 5. The molecule has 0 radical (unpaired) electrons. The number of aliphatic hydroxyl groups excluding tert-OH is 1. The van der Waals surface area contributed by atoms with Gasteiger partial charge < -0.3 is 25.6 Å². The Morgan fingerprint density at radius 3 is 2.18 bits per heavy atom. The van der Waals surface area contributed by atoms with Crippen molar-refractivity contribution in [1.82, 2.24) is 20.8 Å². The highest BCUT2D eigenvalue weighted by molar-refractivity contribution is 6.01. The van der Waals surface area contributed by atoms with Gasteiger partial charge >= 0.3 is 11.9 Å². The zero-order valence-corrected chi connectivity index (χ0v) is 39.6. The number of carbonyl (C=O) groups excluding carboxylic acids is 3. The van der Waals surface area contributed by atoms with Crippen LogP contribution in [0.25, 0.3) is 0 Å². The summed E-state index contributed by atoms with van der Waals surface area (Å²) in [7, 11) is 0. The quantitative estimate of drug-likeness (QED) is 0.129. The van der Waals surface area contributed by atoms with Crippen LogP contribution in [0.4, 0.5) is 0 Å². The number of fused-ring (bicyclic) bond motifs is 7. The number of aliphatic carboxylic acids is 1. The van der Waals surface area contributed by atoms with Crippen molar-refractivity contribution in [3.05, 3.63) is 28.6 Å². The molecule has 5 fully saturated rings. The van der Waals surface area contributed by atoms with Crippen LogP contribution in [0.5, 0.6) is 0 Å². The molecule has 0 unspecified atom stereocenters. The monoisotopic (exact) mass is 847 g/mol. The second-order valence-electron chi connectivity index (χ2n) is 24.0. The van der Waals surface area contributed by atoms with E-state index < -0.39 is 40.3 Å². The van der Waals surface area contributed by atoms with E-state index in [0.717, 1.165) is 62.6 Å². The van der Waals surface area contributed by atoms with Crippen molar-refractivity contribution < 1.29 is 34.1 Å².